The zero-order chi connectivity index (χ0) is 22.2. The van der Waals surface area contributed by atoms with Gasteiger partial charge < -0.3 is 0 Å². The molecular formula is C22H9ClN4O4. The minimum absolute atomic E-state index is 0.0534. The fraction of sp³-hybridized carbons (Fsp3) is 0. The van der Waals surface area contributed by atoms with Crippen LogP contribution in [0, 0.1) is 0 Å². The first-order chi connectivity index (χ1) is 15.2. The van der Waals surface area contributed by atoms with Gasteiger partial charge in [0.15, 0.2) is 0 Å². The molecule has 3 aromatic carbocycles. The van der Waals surface area contributed by atoms with Crippen LogP contribution in [0.5, 0.6) is 0 Å². The first kappa shape index (κ1) is 21.2. The lowest BCUT2D eigenvalue weighted by molar-refractivity contribution is 0.564. The summed E-state index contributed by atoms with van der Waals surface area (Å²) in [5.74, 6) is 0. The average molecular weight is 429 g/mol. The quantitative estimate of drug-likeness (QED) is 0.378. The van der Waals surface area contributed by atoms with Gasteiger partial charge in [-0.3, -0.25) is 0 Å². The van der Waals surface area contributed by atoms with E-state index in [0.717, 1.165) is 0 Å². The molecule has 0 aromatic heterocycles. The van der Waals surface area contributed by atoms with Crippen molar-refractivity contribution in [2.24, 2.45) is 20.0 Å². The standard InChI is InChI=1S/C22H9ClN4O4/c23-17-7-1-4-14(15-5-2-8-18(24-10-28)21(15)26-12-30)20(17)16-6-3-9-19(25-11-29)22(16)27-13-31/h1-9H. The largest absolute Gasteiger partial charge is 0.240 e. The van der Waals surface area contributed by atoms with E-state index in [1.807, 2.05) is 0 Å². The Balaban J connectivity index is 2.46. The Labute approximate surface area is 180 Å². The summed E-state index contributed by atoms with van der Waals surface area (Å²) in [6.07, 6.45) is 5.73. The van der Waals surface area contributed by atoms with E-state index in [9.17, 15) is 19.2 Å². The van der Waals surface area contributed by atoms with Crippen molar-refractivity contribution in [3.63, 3.8) is 0 Å². The average Bonchev–Trinajstić information content (AvgIpc) is 2.77. The van der Waals surface area contributed by atoms with E-state index in [-0.39, 0.29) is 27.8 Å². The number of halogens is 1. The molecule has 0 aliphatic rings. The molecule has 3 rings (SSSR count). The number of isocyanates is 4. The van der Waals surface area contributed by atoms with E-state index >= 15 is 0 Å². The molecule has 0 aliphatic carbocycles. The SMILES string of the molecule is O=C=Nc1cccc(-c2cccc(Cl)c2-c2cccc(N=C=O)c2N=C=O)c1N=C=O. The number of para-hydroxylation sites is 2. The van der Waals surface area contributed by atoms with Crippen molar-refractivity contribution < 1.29 is 19.2 Å². The second kappa shape index (κ2) is 9.79. The Morgan fingerprint density at radius 2 is 1.00 bits per heavy atom. The number of carbonyl (C=O) groups excluding carboxylic acids is 4. The van der Waals surface area contributed by atoms with Crippen molar-refractivity contribution in [1.29, 1.82) is 0 Å². The van der Waals surface area contributed by atoms with Gasteiger partial charge in [-0.25, -0.2) is 19.2 Å². The maximum Gasteiger partial charge on any atom is 0.240 e. The molecule has 0 N–H and O–H groups in total. The molecule has 8 nitrogen and oxygen atoms in total. The van der Waals surface area contributed by atoms with Gasteiger partial charge in [0.25, 0.3) is 0 Å². The summed E-state index contributed by atoms with van der Waals surface area (Å²) in [5, 5.41) is 0.275. The maximum atomic E-state index is 11.0. The molecule has 0 spiro atoms. The first-order valence-corrected chi connectivity index (χ1v) is 8.90. The molecule has 31 heavy (non-hydrogen) atoms. The third-order valence-corrected chi connectivity index (χ3v) is 4.56. The second-order valence-corrected chi connectivity index (χ2v) is 6.23. The Kier molecular flexibility index (Phi) is 6.69. The fourth-order valence-corrected chi connectivity index (χ4v) is 3.39. The van der Waals surface area contributed by atoms with Crippen LogP contribution in [0.2, 0.25) is 5.02 Å². The molecule has 0 bridgehead atoms. The summed E-state index contributed by atoms with van der Waals surface area (Å²) in [6, 6.07) is 14.4. The minimum Gasteiger partial charge on any atom is -0.211 e. The molecule has 0 aliphatic heterocycles. The van der Waals surface area contributed by atoms with Crippen LogP contribution in [0.1, 0.15) is 0 Å². The van der Waals surface area contributed by atoms with Crippen LogP contribution in [-0.2, 0) is 19.2 Å². The van der Waals surface area contributed by atoms with Crippen LogP contribution in [-0.4, -0.2) is 24.3 Å². The zero-order valence-corrected chi connectivity index (χ0v) is 16.3. The lowest BCUT2D eigenvalue weighted by Crippen LogP contribution is -1.89. The topological polar surface area (TPSA) is 118 Å². The Morgan fingerprint density at radius 1 is 0.548 bits per heavy atom. The number of rotatable bonds is 6. The van der Waals surface area contributed by atoms with Crippen LogP contribution in [0.15, 0.2) is 74.6 Å². The molecule has 9 heteroatoms. The predicted octanol–water partition coefficient (Wildman–Crippen LogP) is 5.54. The number of hydrogen-bond donors (Lipinski definition) is 0. The lowest BCUT2D eigenvalue weighted by atomic mass is 9.92. The highest BCUT2D eigenvalue weighted by Gasteiger charge is 2.20. The van der Waals surface area contributed by atoms with Gasteiger partial charge in [-0.2, -0.15) is 20.0 Å². The second-order valence-electron chi connectivity index (χ2n) is 5.82. The summed E-state index contributed by atoms with van der Waals surface area (Å²) >= 11 is 6.50. The third-order valence-electron chi connectivity index (χ3n) is 4.25. The van der Waals surface area contributed by atoms with Gasteiger partial charge in [0.05, 0.1) is 0 Å². The molecule has 0 heterocycles. The highest BCUT2D eigenvalue weighted by atomic mass is 35.5. The number of benzene rings is 3. The molecule has 0 radical (unpaired) electrons. The fourth-order valence-electron chi connectivity index (χ4n) is 3.11. The number of nitrogens with zero attached hydrogens (tertiary/aromatic N) is 4. The van der Waals surface area contributed by atoms with E-state index in [2.05, 4.69) is 20.0 Å². The summed E-state index contributed by atoms with van der Waals surface area (Å²) in [6.45, 7) is 0. The lowest BCUT2D eigenvalue weighted by Gasteiger charge is -2.16. The van der Waals surface area contributed by atoms with Crippen LogP contribution in [0.25, 0.3) is 22.3 Å². The molecule has 0 atom stereocenters. The van der Waals surface area contributed by atoms with Crippen molar-refractivity contribution in [3.05, 3.63) is 59.6 Å². The van der Waals surface area contributed by atoms with Crippen molar-refractivity contribution in [2.45, 2.75) is 0 Å². The van der Waals surface area contributed by atoms with Gasteiger partial charge in [-0.15, -0.1) is 0 Å². The molecule has 0 amide bonds. The van der Waals surface area contributed by atoms with E-state index in [1.54, 1.807) is 42.5 Å². The monoisotopic (exact) mass is 428 g/mol. The maximum absolute atomic E-state index is 11.0. The van der Waals surface area contributed by atoms with E-state index in [0.29, 0.717) is 22.3 Å². The molecule has 0 fully saturated rings. The van der Waals surface area contributed by atoms with Crippen molar-refractivity contribution in [2.75, 3.05) is 0 Å². The van der Waals surface area contributed by atoms with E-state index in [1.165, 1.54) is 36.5 Å². The zero-order valence-electron chi connectivity index (χ0n) is 15.5. The van der Waals surface area contributed by atoms with Gasteiger partial charge >= 0.3 is 0 Å². The highest BCUT2D eigenvalue weighted by Crippen LogP contribution is 2.48. The van der Waals surface area contributed by atoms with Gasteiger partial charge in [0, 0.05) is 21.7 Å². The molecule has 0 unspecified atom stereocenters. The van der Waals surface area contributed by atoms with Gasteiger partial charge in [0.2, 0.25) is 24.3 Å². The van der Waals surface area contributed by atoms with Gasteiger partial charge in [0.1, 0.15) is 22.7 Å². The molecule has 3 aromatic rings. The Morgan fingerprint density at radius 3 is 1.55 bits per heavy atom. The van der Waals surface area contributed by atoms with Crippen LogP contribution < -0.4 is 0 Å². The van der Waals surface area contributed by atoms with Crippen LogP contribution in [0.3, 0.4) is 0 Å². The molecule has 148 valence electrons. The summed E-state index contributed by atoms with van der Waals surface area (Å²) in [4.78, 5) is 58.2. The number of hydrogen-bond acceptors (Lipinski definition) is 8. The Hall–Kier alpha value is -4.53. The van der Waals surface area contributed by atoms with Crippen molar-refractivity contribution >= 4 is 58.7 Å². The van der Waals surface area contributed by atoms with Gasteiger partial charge in [-0.05, 0) is 23.8 Å². The molecule has 0 saturated carbocycles. The van der Waals surface area contributed by atoms with Gasteiger partial charge in [-0.1, -0.05) is 48.0 Å². The summed E-state index contributed by atoms with van der Waals surface area (Å²) in [7, 11) is 0. The van der Waals surface area contributed by atoms with Crippen molar-refractivity contribution in [1.82, 2.24) is 0 Å². The first-order valence-electron chi connectivity index (χ1n) is 8.53. The van der Waals surface area contributed by atoms with E-state index < -0.39 is 0 Å². The summed E-state index contributed by atoms with van der Waals surface area (Å²) < 4.78 is 0. The highest BCUT2D eigenvalue weighted by molar-refractivity contribution is 6.34. The van der Waals surface area contributed by atoms with E-state index in [4.69, 9.17) is 11.6 Å². The molecule has 0 saturated heterocycles. The normalized spacial score (nSPS) is 9.45. The predicted molar refractivity (Wildman–Crippen MR) is 113 cm³/mol. The Bertz CT molecular complexity index is 1380. The third kappa shape index (κ3) is 4.25. The van der Waals surface area contributed by atoms with Crippen LogP contribution >= 0.6 is 11.6 Å². The van der Waals surface area contributed by atoms with Crippen LogP contribution in [0.4, 0.5) is 22.7 Å². The smallest absolute Gasteiger partial charge is 0.211 e. The molecular weight excluding hydrogens is 420 g/mol. The van der Waals surface area contributed by atoms with Crippen molar-refractivity contribution in [3.8, 4) is 22.3 Å². The summed E-state index contributed by atoms with van der Waals surface area (Å²) in [5.41, 5.74) is 1.99. The number of aliphatic imine (C=N–C) groups is 4. The minimum atomic E-state index is 0.0534.